The van der Waals surface area contributed by atoms with Gasteiger partial charge < -0.3 is 44.6 Å². The first kappa shape index (κ1) is 81.0. The third-order valence-corrected chi connectivity index (χ3v) is 17.8. The van der Waals surface area contributed by atoms with Gasteiger partial charge in [0, 0.05) is 5.56 Å². The van der Waals surface area contributed by atoms with Crippen LogP contribution in [0.3, 0.4) is 0 Å². The van der Waals surface area contributed by atoms with E-state index in [1.165, 1.54) is 154 Å². The molecule has 0 saturated carbocycles. The number of ether oxygens (including phenoxy) is 7. The molecule has 12 nitrogen and oxygen atoms in total. The lowest BCUT2D eigenvalue weighted by molar-refractivity contribution is 0.234. The Hall–Kier alpha value is -6.69. The molecule has 4 aromatic carbocycles. The van der Waals surface area contributed by atoms with Gasteiger partial charge in [-0.3, -0.25) is 0 Å². The Balaban J connectivity index is 1.52. The van der Waals surface area contributed by atoms with E-state index in [9.17, 15) is 0 Å². The summed E-state index contributed by atoms with van der Waals surface area (Å²) in [4.78, 5) is 12.5. The molecule has 1 aromatic heterocycles. The second kappa shape index (κ2) is 52.4. The normalized spacial score (nSPS) is 11.6. The SMILES string of the molecule is CCCCCCCCCCCCOc1cc(/C=C/c2c(OCCCC)cc(/C=C/c3c(OCCCC)cc(/C=C/c4ccc(-c5nc(N)nc(N)n5)cc4)cc3OCCCC)cc2OCCCC)cc(OCCCCCCCCCCCC)c1OCCCCCCCCCCCC. The predicted octanol–water partition coefficient (Wildman–Crippen LogP) is 24.8. The zero-order chi connectivity index (χ0) is 69.0. The standard InChI is InChI=1S/C85H131N5O7/c1-8-15-22-25-28-31-34-37-40-43-60-95-80-67-72(68-81(96-61-44-41-38-35-32-29-26-23-16-9-2)82(80)97-62-45-42-39-36-33-30-27-24-17-10-3)51-55-75-78(93-58-20-13-6)65-71(66-79(75)94-59-21-14-7)50-54-74-76(91-56-18-11-4)63-70(64-77(74)92-57-19-12-5)47-46-69-48-52-73(53-49-69)83-88-84(86)90-85(87)89-83/h46-55,63-68H,8-45,56-62H2,1-7H3,(H4,86,87,88,89,90)/b47-46+,54-50+,55-51+. The first-order valence-electron chi connectivity index (χ1n) is 39.1. The minimum Gasteiger partial charge on any atom is -0.493 e. The zero-order valence-corrected chi connectivity index (χ0v) is 61.9. The minimum absolute atomic E-state index is 0.0870. The first-order valence-corrected chi connectivity index (χ1v) is 39.1. The van der Waals surface area contributed by atoms with E-state index < -0.39 is 0 Å². The maximum Gasteiger partial charge on any atom is 0.225 e. The minimum atomic E-state index is 0.0870. The topological polar surface area (TPSA) is 155 Å². The summed E-state index contributed by atoms with van der Waals surface area (Å²) in [5, 5.41) is 0. The van der Waals surface area contributed by atoms with Crippen LogP contribution in [0.1, 0.15) is 326 Å². The summed E-state index contributed by atoms with van der Waals surface area (Å²) in [6.45, 7) is 19.8. The fourth-order valence-electron chi connectivity index (χ4n) is 11.7. The number of rotatable bonds is 59. The molecule has 0 aliphatic heterocycles. The van der Waals surface area contributed by atoms with Crippen molar-refractivity contribution in [2.75, 3.05) is 57.7 Å². The Bertz CT molecular complexity index is 2810. The zero-order valence-electron chi connectivity index (χ0n) is 61.9. The Kier molecular flexibility index (Phi) is 43.7. The number of benzene rings is 4. The van der Waals surface area contributed by atoms with Gasteiger partial charge in [-0.2, -0.15) is 15.0 Å². The van der Waals surface area contributed by atoms with E-state index in [1.807, 2.05) is 24.3 Å². The summed E-state index contributed by atoms with van der Waals surface area (Å²) in [7, 11) is 0. The molecule has 0 atom stereocenters. The largest absolute Gasteiger partial charge is 0.493 e. The van der Waals surface area contributed by atoms with Crippen LogP contribution < -0.4 is 44.6 Å². The van der Waals surface area contributed by atoms with Gasteiger partial charge in [0.15, 0.2) is 17.3 Å². The molecular weight excluding hydrogens is 1200 g/mol. The highest BCUT2D eigenvalue weighted by Gasteiger charge is 2.19. The van der Waals surface area contributed by atoms with Crippen molar-refractivity contribution in [2.45, 2.75) is 292 Å². The molecule has 0 fully saturated rings. The number of unbranched alkanes of at least 4 members (excludes halogenated alkanes) is 31. The first-order chi connectivity index (χ1) is 47.7. The quantitative estimate of drug-likeness (QED) is 0.0281. The third-order valence-electron chi connectivity index (χ3n) is 17.8. The summed E-state index contributed by atoms with van der Waals surface area (Å²) < 4.78 is 47.5. The molecule has 0 aliphatic carbocycles. The number of nitrogens with two attached hydrogens (primary N) is 2. The van der Waals surface area contributed by atoms with Crippen LogP contribution in [0.5, 0.6) is 40.2 Å². The van der Waals surface area contributed by atoms with Gasteiger partial charge in [0.25, 0.3) is 0 Å². The molecule has 0 aliphatic rings. The molecule has 1 heterocycles. The molecule has 5 aromatic rings. The van der Waals surface area contributed by atoms with Crippen molar-refractivity contribution in [3.8, 4) is 51.6 Å². The van der Waals surface area contributed by atoms with Gasteiger partial charge >= 0.3 is 0 Å². The van der Waals surface area contributed by atoms with Crippen molar-refractivity contribution in [3.05, 3.63) is 94.0 Å². The van der Waals surface area contributed by atoms with Crippen molar-refractivity contribution in [2.24, 2.45) is 0 Å². The van der Waals surface area contributed by atoms with Crippen LogP contribution in [-0.2, 0) is 0 Å². The number of hydrogen-bond donors (Lipinski definition) is 2. The molecule has 0 saturated heterocycles. The molecule has 0 unspecified atom stereocenters. The van der Waals surface area contributed by atoms with Crippen LogP contribution in [0.4, 0.5) is 11.9 Å². The van der Waals surface area contributed by atoms with Gasteiger partial charge in [-0.25, -0.2) is 0 Å². The van der Waals surface area contributed by atoms with Crippen molar-refractivity contribution in [3.63, 3.8) is 0 Å². The highest BCUT2D eigenvalue weighted by molar-refractivity contribution is 5.83. The number of aromatic nitrogens is 3. The third kappa shape index (κ3) is 34.1. The number of nitrogens with zero attached hydrogens (tertiary/aromatic N) is 3. The fraction of sp³-hybridized carbons (Fsp3) is 0.612. The molecule has 0 radical (unpaired) electrons. The van der Waals surface area contributed by atoms with Gasteiger partial charge in [-0.15, -0.1) is 0 Å². The lowest BCUT2D eigenvalue weighted by Gasteiger charge is -2.19. The molecule has 0 spiro atoms. The van der Waals surface area contributed by atoms with Crippen LogP contribution >= 0.6 is 0 Å². The smallest absolute Gasteiger partial charge is 0.225 e. The average molecular weight is 1340 g/mol. The molecule has 5 rings (SSSR count). The van der Waals surface area contributed by atoms with Crippen LogP contribution in [-0.4, -0.2) is 61.2 Å². The summed E-state index contributed by atoms with van der Waals surface area (Å²) in [6, 6.07) is 20.8. The summed E-state index contributed by atoms with van der Waals surface area (Å²) in [5.41, 5.74) is 18.2. The molecule has 12 heteroatoms. The Morgan fingerprint density at radius 2 is 0.505 bits per heavy atom. The molecule has 97 heavy (non-hydrogen) atoms. The summed E-state index contributed by atoms with van der Waals surface area (Å²) >= 11 is 0. The van der Waals surface area contributed by atoms with E-state index >= 15 is 0 Å². The number of hydrogen-bond acceptors (Lipinski definition) is 12. The maximum atomic E-state index is 6.86. The van der Waals surface area contributed by atoms with Crippen LogP contribution in [0.15, 0.2) is 60.7 Å². The van der Waals surface area contributed by atoms with E-state index in [0.29, 0.717) is 52.1 Å². The summed E-state index contributed by atoms with van der Waals surface area (Å²) in [5.74, 6) is 5.88. The van der Waals surface area contributed by atoms with Crippen molar-refractivity contribution >= 4 is 48.4 Å². The van der Waals surface area contributed by atoms with Crippen molar-refractivity contribution in [1.29, 1.82) is 0 Å². The Labute approximate surface area is 589 Å². The van der Waals surface area contributed by atoms with E-state index in [2.05, 4.69) is 136 Å². The maximum absolute atomic E-state index is 6.86. The molecular formula is C85H131N5O7. The lowest BCUT2D eigenvalue weighted by Crippen LogP contribution is -2.07. The van der Waals surface area contributed by atoms with Crippen molar-refractivity contribution < 1.29 is 33.2 Å². The Morgan fingerprint density at radius 3 is 0.825 bits per heavy atom. The van der Waals surface area contributed by atoms with Gasteiger partial charge in [-0.05, 0) is 116 Å². The fourth-order valence-corrected chi connectivity index (χ4v) is 11.7. The number of anilines is 2. The second-order valence-corrected chi connectivity index (χ2v) is 26.6. The van der Waals surface area contributed by atoms with E-state index in [4.69, 9.17) is 44.6 Å². The van der Waals surface area contributed by atoms with Crippen LogP contribution in [0.25, 0.3) is 47.8 Å². The molecule has 4 N–H and O–H groups in total. The van der Waals surface area contributed by atoms with Crippen molar-refractivity contribution in [1.82, 2.24) is 15.0 Å². The predicted molar refractivity (Wildman–Crippen MR) is 414 cm³/mol. The highest BCUT2D eigenvalue weighted by atomic mass is 16.5. The molecule has 0 amide bonds. The number of nitrogen functional groups attached to an aromatic ring is 2. The monoisotopic (exact) mass is 1330 g/mol. The van der Waals surface area contributed by atoms with Crippen LogP contribution in [0.2, 0.25) is 0 Å². The van der Waals surface area contributed by atoms with E-state index in [-0.39, 0.29) is 11.9 Å². The second-order valence-electron chi connectivity index (χ2n) is 26.6. The van der Waals surface area contributed by atoms with E-state index in [1.54, 1.807) is 0 Å². The van der Waals surface area contributed by atoms with Crippen LogP contribution in [0, 0.1) is 0 Å². The molecule has 0 bridgehead atoms. The van der Waals surface area contributed by atoms with E-state index in [0.717, 1.165) is 169 Å². The lowest BCUT2D eigenvalue weighted by atomic mass is 10.0. The Morgan fingerprint density at radius 1 is 0.258 bits per heavy atom. The van der Waals surface area contributed by atoms with Gasteiger partial charge in [0.05, 0.1) is 57.4 Å². The van der Waals surface area contributed by atoms with Gasteiger partial charge in [0.1, 0.15) is 23.0 Å². The van der Waals surface area contributed by atoms with Gasteiger partial charge in [-0.1, -0.05) is 296 Å². The average Bonchev–Trinajstić information content (AvgIpc) is 0.844. The van der Waals surface area contributed by atoms with Gasteiger partial charge in [0.2, 0.25) is 17.6 Å². The highest BCUT2D eigenvalue weighted by Crippen LogP contribution is 2.42. The summed E-state index contributed by atoms with van der Waals surface area (Å²) in [6.07, 6.45) is 58.7. The molecule has 538 valence electrons.